The highest BCUT2D eigenvalue weighted by atomic mass is 19.3. The average molecular weight is 653 g/mol. The zero-order valence-electron chi connectivity index (χ0n) is 27.0. The Hall–Kier alpha value is -4.14. The average Bonchev–Trinajstić information content (AvgIpc) is 3.70. The zero-order valence-corrected chi connectivity index (χ0v) is 27.0. The van der Waals surface area contributed by atoms with Crippen molar-refractivity contribution in [1.82, 2.24) is 20.1 Å². The molecular formula is C31H42F2N4O9. The molecule has 1 N–H and O–H groups in total. The first kappa shape index (κ1) is 34.7. The fraction of sp³-hybridized carbons (Fsp3) is 0.613. The summed E-state index contributed by atoms with van der Waals surface area (Å²) in [4.78, 5) is 46.7. The number of carbonyl (C=O) groups is 3. The van der Waals surface area contributed by atoms with Gasteiger partial charge in [-0.3, -0.25) is 4.79 Å². The molecule has 2 fully saturated rings. The van der Waals surface area contributed by atoms with E-state index in [1.807, 2.05) is 0 Å². The van der Waals surface area contributed by atoms with Crippen LogP contribution in [0.4, 0.5) is 18.4 Å². The molecule has 0 radical (unpaired) electrons. The summed E-state index contributed by atoms with van der Waals surface area (Å²) >= 11 is 0. The van der Waals surface area contributed by atoms with E-state index in [-0.39, 0.29) is 67.7 Å². The largest absolute Gasteiger partial charge is 0.489 e. The van der Waals surface area contributed by atoms with Crippen LogP contribution in [-0.2, 0) is 14.2 Å². The summed E-state index contributed by atoms with van der Waals surface area (Å²) < 4.78 is 58.3. The van der Waals surface area contributed by atoms with E-state index in [0.717, 1.165) is 12.8 Å². The number of piperazine rings is 1. The molecule has 2 aromatic rings. The second-order valence-corrected chi connectivity index (χ2v) is 12.3. The number of nitrogens with zero attached hydrogens (tertiary/aromatic N) is 3. The van der Waals surface area contributed by atoms with E-state index in [4.69, 9.17) is 23.4 Å². The lowest BCUT2D eigenvalue weighted by atomic mass is 10.1. The molecule has 0 spiro atoms. The molecule has 1 aliphatic carbocycles. The molecule has 1 saturated heterocycles. The molecule has 13 nitrogen and oxygen atoms in total. The van der Waals surface area contributed by atoms with E-state index in [2.05, 4.69) is 15.0 Å². The van der Waals surface area contributed by atoms with Crippen molar-refractivity contribution < 1.29 is 51.3 Å². The van der Waals surface area contributed by atoms with Gasteiger partial charge in [-0.25, -0.2) is 14.6 Å². The fourth-order valence-corrected chi connectivity index (χ4v) is 4.75. The van der Waals surface area contributed by atoms with E-state index in [1.165, 1.54) is 30.2 Å². The third-order valence-corrected chi connectivity index (χ3v) is 7.22. The maximum Gasteiger partial charge on any atom is 0.410 e. The first-order valence-electron chi connectivity index (χ1n) is 15.2. The number of oxazole rings is 1. The van der Waals surface area contributed by atoms with Crippen molar-refractivity contribution in [2.75, 3.05) is 46.6 Å². The number of nitrogens with one attached hydrogen (secondary N) is 1. The molecule has 1 aromatic carbocycles. The van der Waals surface area contributed by atoms with Crippen molar-refractivity contribution in [3.8, 4) is 23.0 Å². The van der Waals surface area contributed by atoms with Crippen molar-refractivity contribution in [3.05, 3.63) is 29.7 Å². The van der Waals surface area contributed by atoms with Crippen LogP contribution in [0.25, 0.3) is 11.5 Å². The lowest BCUT2D eigenvalue weighted by Crippen LogP contribution is -2.55. The highest BCUT2D eigenvalue weighted by molar-refractivity contribution is 5.94. The van der Waals surface area contributed by atoms with Gasteiger partial charge >= 0.3 is 18.8 Å². The Kier molecular flexibility index (Phi) is 11.3. The molecule has 4 rings (SSSR count). The van der Waals surface area contributed by atoms with Gasteiger partial charge in [-0.2, -0.15) is 8.78 Å². The number of hydrogen-bond donors (Lipinski definition) is 1. The minimum absolute atomic E-state index is 0.00413. The zero-order chi connectivity index (χ0) is 33.6. The van der Waals surface area contributed by atoms with Crippen molar-refractivity contribution in [1.29, 1.82) is 0 Å². The molecule has 1 saturated carbocycles. The lowest BCUT2D eigenvalue weighted by molar-refractivity contribution is -0.0515. The van der Waals surface area contributed by atoms with Crippen molar-refractivity contribution in [2.24, 2.45) is 5.92 Å². The van der Waals surface area contributed by atoms with E-state index < -0.39 is 36.3 Å². The van der Waals surface area contributed by atoms with Crippen molar-refractivity contribution in [3.63, 3.8) is 0 Å². The second kappa shape index (κ2) is 15.0. The number of rotatable bonds is 12. The van der Waals surface area contributed by atoms with Crippen molar-refractivity contribution >= 4 is 18.1 Å². The standard InChI is InChI=1S/C31H42F2N4O9/c1-18-16-36(11-12-37(18)30(40)42-14-13-41-6)27(38)24-25(19(2)34-29(39)46-31(3,4)5)45-26(35-24)21-9-10-22(44-28(32)33)23(15-21)43-17-20-7-8-20/h9-10,15,18-20,28H,7-8,11-14,16-17H2,1-6H3,(H,34,39)/t18-,19+/m1/s1. The van der Waals surface area contributed by atoms with Gasteiger partial charge in [0.15, 0.2) is 23.0 Å². The van der Waals surface area contributed by atoms with E-state index >= 15 is 0 Å². The third kappa shape index (κ3) is 9.44. The van der Waals surface area contributed by atoms with Gasteiger partial charge in [0.25, 0.3) is 5.91 Å². The summed E-state index contributed by atoms with van der Waals surface area (Å²) in [6.07, 6.45) is 0.748. The molecule has 2 aliphatic rings. The summed E-state index contributed by atoms with van der Waals surface area (Å²) in [5.74, 6) is -0.132. The summed E-state index contributed by atoms with van der Waals surface area (Å²) in [5.41, 5.74) is -0.488. The maximum absolute atomic E-state index is 13.9. The second-order valence-electron chi connectivity index (χ2n) is 12.3. The Morgan fingerprint density at radius 3 is 2.50 bits per heavy atom. The minimum atomic E-state index is -3.05. The van der Waals surface area contributed by atoms with Gasteiger partial charge in [-0.15, -0.1) is 0 Å². The van der Waals surface area contributed by atoms with E-state index in [0.29, 0.717) is 18.1 Å². The van der Waals surface area contributed by atoms with Crippen LogP contribution in [0.3, 0.4) is 0 Å². The van der Waals surface area contributed by atoms with Crippen LogP contribution in [0, 0.1) is 5.92 Å². The van der Waals surface area contributed by atoms with Crippen LogP contribution in [0.5, 0.6) is 11.5 Å². The molecule has 0 unspecified atom stereocenters. The number of alkyl halides is 2. The predicted molar refractivity (Wildman–Crippen MR) is 160 cm³/mol. The van der Waals surface area contributed by atoms with E-state index in [9.17, 15) is 23.2 Å². The van der Waals surface area contributed by atoms with Gasteiger partial charge in [-0.05, 0) is 71.6 Å². The quantitative estimate of drug-likeness (QED) is 0.302. The van der Waals surface area contributed by atoms with Crippen LogP contribution in [0.15, 0.2) is 22.6 Å². The Labute approximate surface area is 266 Å². The summed E-state index contributed by atoms with van der Waals surface area (Å²) in [5, 5.41) is 2.68. The SMILES string of the molecule is COCCOC(=O)N1CCN(C(=O)c2nc(-c3ccc(OC(F)F)c(OCC4CC4)c3)oc2[C@H](C)NC(=O)OC(C)(C)C)C[C@H]1C. The number of aromatic nitrogens is 1. The molecule has 1 aliphatic heterocycles. The number of hydrogen-bond acceptors (Lipinski definition) is 10. The highest BCUT2D eigenvalue weighted by Gasteiger charge is 2.35. The van der Waals surface area contributed by atoms with Gasteiger partial charge in [0.05, 0.1) is 19.3 Å². The molecule has 254 valence electrons. The smallest absolute Gasteiger partial charge is 0.410 e. The first-order chi connectivity index (χ1) is 21.8. The maximum atomic E-state index is 13.9. The topological polar surface area (TPSA) is 142 Å². The van der Waals surface area contributed by atoms with Gasteiger partial charge in [0.1, 0.15) is 12.2 Å². The summed E-state index contributed by atoms with van der Waals surface area (Å²) in [6, 6.07) is 3.04. The molecular weight excluding hydrogens is 610 g/mol. The first-order valence-corrected chi connectivity index (χ1v) is 15.2. The van der Waals surface area contributed by atoms with Crippen LogP contribution in [0.1, 0.15) is 69.8 Å². The molecule has 2 atom stereocenters. The molecule has 15 heteroatoms. The minimum Gasteiger partial charge on any atom is -0.489 e. The highest BCUT2D eigenvalue weighted by Crippen LogP contribution is 2.37. The molecule has 0 bridgehead atoms. The number of halogens is 2. The Morgan fingerprint density at radius 2 is 1.87 bits per heavy atom. The monoisotopic (exact) mass is 652 g/mol. The van der Waals surface area contributed by atoms with Gasteiger partial charge in [0, 0.05) is 38.3 Å². The summed E-state index contributed by atoms with van der Waals surface area (Å²) in [7, 11) is 1.51. The Bertz CT molecular complexity index is 1380. The number of alkyl carbamates (subject to hydrolysis) is 1. The lowest BCUT2D eigenvalue weighted by Gasteiger charge is -2.38. The fourth-order valence-electron chi connectivity index (χ4n) is 4.75. The van der Waals surface area contributed by atoms with Crippen LogP contribution in [0.2, 0.25) is 0 Å². The van der Waals surface area contributed by atoms with E-state index in [1.54, 1.807) is 39.5 Å². The molecule has 1 aromatic heterocycles. The number of amides is 3. The van der Waals surface area contributed by atoms with Gasteiger partial charge in [0.2, 0.25) is 5.89 Å². The number of methoxy groups -OCH3 is 1. The molecule has 46 heavy (non-hydrogen) atoms. The Balaban J connectivity index is 1.61. The number of benzene rings is 1. The Morgan fingerprint density at radius 1 is 1.13 bits per heavy atom. The van der Waals surface area contributed by atoms with Crippen LogP contribution >= 0.6 is 0 Å². The number of carbonyl (C=O) groups excluding carboxylic acids is 3. The summed E-state index contributed by atoms with van der Waals surface area (Å²) in [6.45, 7) is 6.83. The number of ether oxygens (including phenoxy) is 5. The van der Waals surface area contributed by atoms with Crippen LogP contribution < -0.4 is 14.8 Å². The van der Waals surface area contributed by atoms with Gasteiger partial charge < -0.3 is 43.2 Å². The van der Waals surface area contributed by atoms with Gasteiger partial charge in [-0.1, -0.05) is 0 Å². The normalized spacial score (nSPS) is 17.5. The molecule has 2 heterocycles. The van der Waals surface area contributed by atoms with Crippen molar-refractivity contribution in [2.45, 2.75) is 71.8 Å². The third-order valence-electron chi connectivity index (χ3n) is 7.22. The predicted octanol–water partition coefficient (Wildman–Crippen LogP) is 5.25. The molecule has 3 amide bonds. The van der Waals surface area contributed by atoms with Crippen LogP contribution in [-0.4, -0.2) is 97.7 Å².